The molecule has 1 aromatic heterocycles. The summed E-state index contributed by atoms with van der Waals surface area (Å²) in [6, 6.07) is 19.9. The topological polar surface area (TPSA) is 88.3 Å². The van der Waals surface area contributed by atoms with Crippen molar-refractivity contribution in [2.75, 3.05) is 0 Å². The van der Waals surface area contributed by atoms with Gasteiger partial charge < -0.3 is 9.84 Å². The lowest BCUT2D eigenvalue weighted by atomic mass is 9.81. The van der Waals surface area contributed by atoms with Crippen molar-refractivity contribution in [3.8, 4) is 11.4 Å². The molecule has 3 aromatic carbocycles. The van der Waals surface area contributed by atoms with E-state index in [4.69, 9.17) is 4.52 Å². The molecule has 0 aliphatic carbocycles. The van der Waals surface area contributed by atoms with Gasteiger partial charge in [-0.25, -0.2) is 9.18 Å². The molecule has 170 valence electrons. The second-order valence-electron chi connectivity index (χ2n) is 8.26. The molecule has 0 unspecified atom stereocenters. The lowest BCUT2D eigenvalue weighted by molar-refractivity contribution is -0.130. The summed E-state index contributed by atoms with van der Waals surface area (Å²) in [6.45, 7) is 3.76. The summed E-state index contributed by atoms with van der Waals surface area (Å²) >= 11 is 0. The van der Waals surface area contributed by atoms with Gasteiger partial charge in [0.05, 0.1) is 0 Å². The van der Waals surface area contributed by atoms with E-state index in [0.717, 1.165) is 16.0 Å². The van der Waals surface area contributed by atoms with E-state index in [1.807, 2.05) is 62.4 Å². The zero-order valence-electron chi connectivity index (χ0n) is 18.6. The van der Waals surface area contributed by atoms with Crippen molar-refractivity contribution in [1.82, 2.24) is 20.4 Å². The van der Waals surface area contributed by atoms with Crippen molar-refractivity contribution in [3.63, 3.8) is 0 Å². The molecule has 3 amide bonds. The maximum absolute atomic E-state index is 13.9. The van der Waals surface area contributed by atoms with Crippen LogP contribution in [0.5, 0.6) is 0 Å². The Hall–Kier alpha value is -4.33. The largest absolute Gasteiger partial charge is 0.337 e. The highest BCUT2D eigenvalue weighted by atomic mass is 19.1. The first-order valence-corrected chi connectivity index (χ1v) is 10.7. The van der Waals surface area contributed by atoms with Gasteiger partial charge in [0, 0.05) is 5.56 Å². The number of urea groups is 1. The smallest absolute Gasteiger partial charge is 0.326 e. The fourth-order valence-corrected chi connectivity index (χ4v) is 4.11. The summed E-state index contributed by atoms with van der Waals surface area (Å²) in [4.78, 5) is 32.3. The number of benzene rings is 3. The molecule has 0 saturated carbocycles. The quantitative estimate of drug-likeness (QED) is 0.447. The minimum Gasteiger partial charge on any atom is -0.337 e. The number of nitrogens with one attached hydrogen (secondary N) is 1. The summed E-state index contributed by atoms with van der Waals surface area (Å²) < 4.78 is 18.5. The SMILES string of the molecule is Cc1ccc([C@@]2(c3ccccc3)NC(=O)N(Cc3nc(-c4ccc(F)cc4)no3)C2=O)cc1C. The molecule has 0 bridgehead atoms. The highest BCUT2D eigenvalue weighted by Crippen LogP contribution is 2.37. The second-order valence-corrected chi connectivity index (χ2v) is 8.26. The fourth-order valence-electron chi connectivity index (χ4n) is 4.11. The summed E-state index contributed by atoms with van der Waals surface area (Å²) in [7, 11) is 0. The van der Waals surface area contributed by atoms with Gasteiger partial charge in [0.25, 0.3) is 5.91 Å². The average molecular weight is 456 g/mol. The molecule has 1 fully saturated rings. The van der Waals surface area contributed by atoms with Crippen LogP contribution in [0.1, 0.15) is 28.1 Å². The Labute approximate surface area is 195 Å². The summed E-state index contributed by atoms with van der Waals surface area (Å²) in [5.74, 6) is -0.485. The highest BCUT2D eigenvalue weighted by Gasteiger charge is 2.54. The maximum atomic E-state index is 13.9. The first-order valence-electron chi connectivity index (χ1n) is 10.7. The van der Waals surface area contributed by atoms with Crippen LogP contribution in [0.15, 0.2) is 77.3 Å². The molecule has 5 rings (SSSR count). The lowest BCUT2D eigenvalue weighted by Crippen LogP contribution is -2.45. The van der Waals surface area contributed by atoms with E-state index in [9.17, 15) is 14.0 Å². The van der Waals surface area contributed by atoms with E-state index in [2.05, 4.69) is 15.5 Å². The number of rotatable bonds is 5. The van der Waals surface area contributed by atoms with Crippen molar-refractivity contribution >= 4 is 11.9 Å². The van der Waals surface area contributed by atoms with Crippen LogP contribution in [0, 0.1) is 19.7 Å². The normalized spacial score (nSPS) is 17.8. The number of hydrogen-bond acceptors (Lipinski definition) is 5. The number of hydrogen-bond donors (Lipinski definition) is 1. The van der Waals surface area contributed by atoms with E-state index in [1.54, 1.807) is 0 Å². The molecular weight excluding hydrogens is 435 g/mol. The zero-order chi connectivity index (χ0) is 23.9. The second kappa shape index (κ2) is 8.22. The van der Waals surface area contributed by atoms with Crippen LogP contribution in [0.2, 0.25) is 0 Å². The van der Waals surface area contributed by atoms with Gasteiger partial charge in [0.2, 0.25) is 11.7 Å². The van der Waals surface area contributed by atoms with Gasteiger partial charge in [-0.2, -0.15) is 4.98 Å². The van der Waals surface area contributed by atoms with Crippen LogP contribution in [-0.4, -0.2) is 27.0 Å². The van der Waals surface area contributed by atoms with Crippen LogP contribution in [0.3, 0.4) is 0 Å². The molecule has 2 heterocycles. The first-order chi connectivity index (χ1) is 16.4. The monoisotopic (exact) mass is 456 g/mol. The number of halogens is 1. The van der Waals surface area contributed by atoms with Crippen LogP contribution in [0.25, 0.3) is 11.4 Å². The van der Waals surface area contributed by atoms with Gasteiger partial charge in [0.1, 0.15) is 12.4 Å². The number of carbonyl (C=O) groups excluding carboxylic acids is 2. The third-order valence-electron chi connectivity index (χ3n) is 6.12. The van der Waals surface area contributed by atoms with E-state index in [1.165, 1.54) is 24.3 Å². The van der Waals surface area contributed by atoms with Gasteiger partial charge in [0.15, 0.2) is 5.54 Å². The minimum atomic E-state index is -1.38. The van der Waals surface area contributed by atoms with Gasteiger partial charge in [-0.05, 0) is 60.4 Å². The number of amides is 3. The molecule has 0 radical (unpaired) electrons. The number of imide groups is 1. The van der Waals surface area contributed by atoms with Crippen LogP contribution in [0.4, 0.5) is 9.18 Å². The molecule has 1 aliphatic rings. The summed E-state index contributed by atoms with van der Waals surface area (Å²) in [5, 5.41) is 6.82. The molecule has 1 aliphatic heterocycles. The van der Waals surface area contributed by atoms with Crippen molar-refractivity contribution in [1.29, 1.82) is 0 Å². The predicted octanol–water partition coefficient (Wildman–Crippen LogP) is 4.49. The van der Waals surface area contributed by atoms with Gasteiger partial charge >= 0.3 is 6.03 Å². The van der Waals surface area contributed by atoms with Crippen LogP contribution >= 0.6 is 0 Å². The lowest BCUT2D eigenvalue weighted by Gasteiger charge is -2.28. The maximum Gasteiger partial charge on any atom is 0.326 e. The molecule has 8 heteroatoms. The van der Waals surface area contributed by atoms with Gasteiger partial charge in [-0.1, -0.05) is 53.7 Å². The summed E-state index contributed by atoms with van der Waals surface area (Å²) in [6.07, 6.45) is 0. The number of aromatic nitrogens is 2. The van der Waals surface area contributed by atoms with Crippen LogP contribution < -0.4 is 5.32 Å². The Bertz CT molecular complexity index is 1380. The Morgan fingerprint density at radius 1 is 0.941 bits per heavy atom. The zero-order valence-corrected chi connectivity index (χ0v) is 18.6. The molecular formula is C26H21FN4O3. The summed E-state index contributed by atoms with van der Waals surface area (Å²) in [5.41, 5.74) is 2.59. The minimum absolute atomic E-state index is 0.0896. The predicted molar refractivity (Wildman–Crippen MR) is 122 cm³/mol. The van der Waals surface area contributed by atoms with Gasteiger partial charge in [-0.3, -0.25) is 9.69 Å². The Kier molecular flexibility index (Phi) is 5.20. The molecule has 7 nitrogen and oxygen atoms in total. The number of nitrogens with zero attached hydrogens (tertiary/aromatic N) is 3. The first kappa shape index (κ1) is 21.5. The fraction of sp³-hybridized carbons (Fsp3) is 0.154. The van der Waals surface area contributed by atoms with E-state index >= 15 is 0 Å². The molecule has 0 spiro atoms. The number of carbonyl (C=O) groups is 2. The molecule has 1 N–H and O–H groups in total. The molecule has 1 saturated heterocycles. The highest BCUT2D eigenvalue weighted by molar-refractivity contribution is 6.09. The molecule has 1 atom stereocenters. The van der Waals surface area contributed by atoms with Crippen molar-refractivity contribution in [3.05, 3.63) is 107 Å². The van der Waals surface area contributed by atoms with E-state index in [0.29, 0.717) is 16.7 Å². The van der Waals surface area contributed by atoms with Crippen molar-refractivity contribution < 1.29 is 18.5 Å². The molecule has 34 heavy (non-hydrogen) atoms. The average Bonchev–Trinajstić information content (AvgIpc) is 3.41. The Balaban J connectivity index is 1.51. The van der Waals surface area contributed by atoms with Crippen molar-refractivity contribution in [2.24, 2.45) is 0 Å². The van der Waals surface area contributed by atoms with Crippen LogP contribution in [-0.2, 0) is 16.9 Å². The third kappa shape index (κ3) is 3.53. The molecule has 4 aromatic rings. The number of aryl methyl sites for hydroxylation is 2. The Morgan fingerprint density at radius 2 is 1.68 bits per heavy atom. The van der Waals surface area contributed by atoms with E-state index in [-0.39, 0.29) is 24.1 Å². The van der Waals surface area contributed by atoms with Crippen molar-refractivity contribution in [2.45, 2.75) is 25.9 Å². The van der Waals surface area contributed by atoms with E-state index < -0.39 is 17.5 Å². The standard InChI is InChI=1S/C26H21FN4O3/c1-16-8-11-20(14-17(16)2)26(19-6-4-3-5-7-19)24(32)31(25(33)29-26)15-22-28-23(30-34-22)18-9-12-21(27)13-10-18/h3-14H,15H2,1-2H3,(H,29,33)/t26-/m1/s1. The van der Waals surface area contributed by atoms with Gasteiger partial charge in [-0.15, -0.1) is 0 Å². The third-order valence-corrected chi connectivity index (χ3v) is 6.12. The Morgan fingerprint density at radius 3 is 2.38 bits per heavy atom.